The molecule has 1 heteroatoms. The lowest BCUT2D eigenvalue weighted by Crippen LogP contribution is -1.69. The smallest absolute Gasteiger partial charge is 0.126 e. The average molecular weight is 98.1 g/mol. The van der Waals surface area contributed by atoms with E-state index in [-0.39, 0.29) is 5.78 Å². The molecule has 1 nitrogen and oxygen atoms in total. The molecule has 7 heavy (non-hydrogen) atoms. The van der Waals surface area contributed by atoms with E-state index in [1.54, 1.807) is 0 Å². The van der Waals surface area contributed by atoms with Crippen LogP contribution in [-0.4, -0.2) is 5.78 Å². The molecule has 0 saturated heterocycles. The Balaban J connectivity index is 0. The first-order valence-corrected chi connectivity index (χ1v) is 1.91. The Morgan fingerprint density at radius 2 is 1.43 bits per heavy atom. The van der Waals surface area contributed by atoms with Crippen LogP contribution in [0.5, 0.6) is 0 Å². The molecule has 0 aliphatic carbocycles. The highest BCUT2D eigenvalue weighted by Crippen LogP contribution is 1.50. The molecule has 0 rings (SSSR count). The maximum absolute atomic E-state index is 9.44. The number of Topliss-reactive ketones (excluding diaryl/α,β-unsaturated/α-hetero) is 1. The fourth-order valence-electron chi connectivity index (χ4n) is 0. The lowest BCUT2D eigenvalue weighted by molar-refractivity contribution is -0.114. The quantitative estimate of drug-likeness (QED) is 0.420. The molecule has 0 N–H and O–H groups in total. The predicted molar refractivity (Wildman–Crippen MR) is 31.1 cm³/mol. The third-order valence-corrected chi connectivity index (χ3v) is 0. The molecular formula is C6H10O. The number of ketones is 1. The summed E-state index contributed by atoms with van der Waals surface area (Å²) in [6.45, 7) is 9.31. The van der Waals surface area contributed by atoms with Crippen LogP contribution in [0.25, 0.3) is 0 Å². The highest BCUT2D eigenvalue weighted by molar-refractivity contribution is 5.72. The number of rotatable bonds is 0. The topological polar surface area (TPSA) is 17.1 Å². The Morgan fingerprint density at radius 1 is 1.43 bits per heavy atom. The Hall–Kier alpha value is -0.810. The van der Waals surface area contributed by atoms with Crippen LogP contribution in [-0.2, 0) is 4.79 Å². The van der Waals surface area contributed by atoms with Crippen LogP contribution in [0.4, 0.5) is 0 Å². The highest BCUT2D eigenvalue weighted by atomic mass is 16.1. The van der Waals surface area contributed by atoms with E-state index in [0.717, 1.165) is 0 Å². The molecule has 0 spiro atoms. The lowest BCUT2D eigenvalue weighted by atomic mass is 10.6. The zero-order chi connectivity index (χ0) is 6.28. The van der Waals surface area contributed by atoms with E-state index in [4.69, 9.17) is 0 Å². The molecule has 0 fully saturated rings. The second kappa shape index (κ2) is 8.95. The summed E-state index contributed by atoms with van der Waals surface area (Å²) in [5.74, 6) is 0.167. The fourth-order valence-corrected chi connectivity index (χ4v) is 0. The molecule has 0 aromatic heterocycles. The number of carbonyl (C=O) groups is 1. The number of carbonyl (C=O) groups excluding carboxylic acids is 1. The fraction of sp³-hybridized carbons (Fsp3) is 0.333. The zero-order valence-electron chi connectivity index (χ0n) is 4.82. The second-order valence-corrected chi connectivity index (χ2v) is 1.16. The average Bonchev–Trinajstić information content (AvgIpc) is 1.33. The van der Waals surface area contributed by atoms with Crippen molar-refractivity contribution in [1.29, 1.82) is 0 Å². The summed E-state index contributed by atoms with van der Waals surface area (Å²) in [4.78, 5) is 9.44. The molecule has 0 aromatic rings. The Labute approximate surface area is 44.4 Å². The van der Waals surface area contributed by atoms with Crippen LogP contribution in [0.15, 0.2) is 18.9 Å². The van der Waals surface area contributed by atoms with Crippen molar-refractivity contribution in [2.24, 2.45) is 0 Å². The van der Waals surface area contributed by atoms with Crippen LogP contribution in [0.3, 0.4) is 0 Å². The second-order valence-electron chi connectivity index (χ2n) is 1.16. The maximum Gasteiger partial charge on any atom is 0.126 e. The molecule has 0 aliphatic heterocycles. The zero-order valence-corrected chi connectivity index (χ0v) is 4.82. The number of hydrogen-bond acceptors (Lipinski definition) is 1. The van der Waals surface area contributed by atoms with E-state index >= 15 is 0 Å². The largest absolute Gasteiger partial charge is 0.300 e. The molecule has 0 atom stereocenters. The van der Waals surface area contributed by atoms with Crippen molar-refractivity contribution in [2.75, 3.05) is 0 Å². The first kappa shape index (κ1) is 9.50. The van der Waals surface area contributed by atoms with Crippen LogP contribution in [0.2, 0.25) is 0 Å². The van der Waals surface area contributed by atoms with E-state index in [1.807, 2.05) is 0 Å². The normalized spacial score (nSPS) is 4.86. The SMILES string of the molecule is C=C=C.CC(C)=O. The van der Waals surface area contributed by atoms with Crippen molar-refractivity contribution in [3.63, 3.8) is 0 Å². The molecule has 0 amide bonds. The van der Waals surface area contributed by atoms with Crippen molar-refractivity contribution in [1.82, 2.24) is 0 Å². The van der Waals surface area contributed by atoms with E-state index in [9.17, 15) is 4.79 Å². The molecule has 40 valence electrons. The Morgan fingerprint density at radius 3 is 1.43 bits per heavy atom. The van der Waals surface area contributed by atoms with Crippen LogP contribution >= 0.6 is 0 Å². The van der Waals surface area contributed by atoms with Gasteiger partial charge in [-0.15, -0.1) is 5.73 Å². The molecule has 0 aromatic carbocycles. The van der Waals surface area contributed by atoms with Gasteiger partial charge >= 0.3 is 0 Å². The third kappa shape index (κ3) is 80.5. The summed E-state index contributed by atoms with van der Waals surface area (Å²) >= 11 is 0. The summed E-state index contributed by atoms with van der Waals surface area (Å²) in [5.41, 5.74) is 2.25. The van der Waals surface area contributed by atoms with Crippen molar-refractivity contribution >= 4 is 5.78 Å². The summed E-state index contributed by atoms with van der Waals surface area (Å²) in [6, 6.07) is 0. The van der Waals surface area contributed by atoms with Gasteiger partial charge in [-0.25, -0.2) is 0 Å². The molecule has 0 radical (unpaired) electrons. The van der Waals surface area contributed by atoms with Crippen molar-refractivity contribution in [3.8, 4) is 0 Å². The molecule has 0 bridgehead atoms. The van der Waals surface area contributed by atoms with E-state index in [0.29, 0.717) is 0 Å². The van der Waals surface area contributed by atoms with Gasteiger partial charge in [-0.05, 0) is 13.8 Å². The molecule has 0 heterocycles. The predicted octanol–water partition coefficient (Wildman–Crippen LogP) is 1.55. The summed E-state index contributed by atoms with van der Waals surface area (Å²) in [5, 5.41) is 0. The van der Waals surface area contributed by atoms with E-state index < -0.39 is 0 Å². The van der Waals surface area contributed by atoms with Gasteiger partial charge in [0, 0.05) is 0 Å². The van der Waals surface area contributed by atoms with Gasteiger partial charge in [-0.1, -0.05) is 13.2 Å². The van der Waals surface area contributed by atoms with Gasteiger partial charge in [0.1, 0.15) is 5.78 Å². The summed E-state index contributed by atoms with van der Waals surface area (Å²) in [6.07, 6.45) is 0. The Kier molecular flexibility index (Phi) is 12.1. The monoisotopic (exact) mass is 98.1 g/mol. The van der Waals surface area contributed by atoms with Crippen molar-refractivity contribution in [3.05, 3.63) is 18.9 Å². The summed E-state index contributed by atoms with van der Waals surface area (Å²) in [7, 11) is 0. The van der Waals surface area contributed by atoms with Crippen molar-refractivity contribution < 1.29 is 4.79 Å². The van der Waals surface area contributed by atoms with Gasteiger partial charge in [-0.3, -0.25) is 0 Å². The minimum atomic E-state index is 0.167. The lowest BCUT2D eigenvalue weighted by Gasteiger charge is -1.56. The molecule has 0 unspecified atom stereocenters. The number of hydrogen-bond donors (Lipinski definition) is 0. The van der Waals surface area contributed by atoms with Gasteiger partial charge in [0.2, 0.25) is 0 Å². The molecule has 0 saturated carbocycles. The van der Waals surface area contributed by atoms with E-state index in [2.05, 4.69) is 18.9 Å². The molecular weight excluding hydrogens is 88.1 g/mol. The van der Waals surface area contributed by atoms with Gasteiger partial charge in [0.15, 0.2) is 0 Å². The minimum absolute atomic E-state index is 0.167. The van der Waals surface area contributed by atoms with Gasteiger partial charge in [0.05, 0.1) is 0 Å². The Bertz CT molecular complexity index is 72.2. The maximum atomic E-state index is 9.44. The minimum Gasteiger partial charge on any atom is -0.300 e. The van der Waals surface area contributed by atoms with Gasteiger partial charge in [0.25, 0.3) is 0 Å². The van der Waals surface area contributed by atoms with Crippen LogP contribution in [0.1, 0.15) is 13.8 Å². The highest BCUT2D eigenvalue weighted by Gasteiger charge is 1.62. The van der Waals surface area contributed by atoms with Crippen LogP contribution < -0.4 is 0 Å². The first-order chi connectivity index (χ1) is 3.15. The van der Waals surface area contributed by atoms with Crippen LogP contribution in [0, 0.1) is 0 Å². The third-order valence-electron chi connectivity index (χ3n) is 0. The van der Waals surface area contributed by atoms with Gasteiger partial charge < -0.3 is 4.79 Å². The summed E-state index contributed by atoms with van der Waals surface area (Å²) < 4.78 is 0. The molecule has 0 aliphatic rings. The first-order valence-electron chi connectivity index (χ1n) is 1.91. The van der Waals surface area contributed by atoms with E-state index in [1.165, 1.54) is 13.8 Å². The van der Waals surface area contributed by atoms with Gasteiger partial charge in [-0.2, -0.15) is 0 Å². The standard InChI is InChI=1S/C3H6O.C3H4/c1-3(2)4;1-3-2/h1-2H3;1-2H2. The van der Waals surface area contributed by atoms with Crippen molar-refractivity contribution in [2.45, 2.75) is 13.8 Å².